The second-order valence-electron chi connectivity index (χ2n) is 6.48. The van der Waals surface area contributed by atoms with Gasteiger partial charge in [-0.3, -0.25) is 4.57 Å². The fourth-order valence-corrected chi connectivity index (χ4v) is 3.71. The molecule has 0 saturated heterocycles. The summed E-state index contributed by atoms with van der Waals surface area (Å²) in [6.07, 6.45) is 0. The van der Waals surface area contributed by atoms with E-state index in [0.29, 0.717) is 30.7 Å². The normalized spacial score (nSPS) is 11.1. The molecule has 0 fully saturated rings. The van der Waals surface area contributed by atoms with Crippen molar-refractivity contribution in [1.82, 2.24) is 25.0 Å². The van der Waals surface area contributed by atoms with Crippen LogP contribution in [0.5, 0.6) is 0 Å². The molecule has 0 N–H and O–H groups in total. The van der Waals surface area contributed by atoms with E-state index in [0.717, 1.165) is 22.1 Å². The zero-order valence-electron chi connectivity index (χ0n) is 16.3. The number of nitrogens with zero attached hydrogens (tertiary/aromatic N) is 5. The van der Waals surface area contributed by atoms with Crippen LogP contribution < -0.4 is 0 Å². The Labute approximate surface area is 173 Å². The van der Waals surface area contributed by atoms with Gasteiger partial charge in [-0.05, 0) is 25.1 Å². The van der Waals surface area contributed by atoms with Gasteiger partial charge < -0.3 is 9.15 Å². The van der Waals surface area contributed by atoms with Crippen molar-refractivity contribution < 1.29 is 9.15 Å². The standard InChI is InChI=1S/C21H21N5O2S/c1-15-7-6-10-17(13-15)19-23-25-21(26(19)11-12-27-2)29-14-18-22-24-20(28-18)16-8-4-3-5-9-16/h3-10,13H,11-12,14H2,1-2H3. The maximum atomic E-state index is 5.79. The highest BCUT2D eigenvalue weighted by Gasteiger charge is 2.16. The van der Waals surface area contributed by atoms with Crippen molar-refractivity contribution in [2.75, 3.05) is 13.7 Å². The van der Waals surface area contributed by atoms with E-state index >= 15 is 0 Å². The molecule has 7 nitrogen and oxygen atoms in total. The smallest absolute Gasteiger partial charge is 0.247 e. The van der Waals surface area contributed by atoms with Gasteiger partial charge in [-0.25, -0.2) is 0 Å². The maximum Gasteiger partial charge on any atom is 0.247 e. The van der Waals surface area contributed by atoms with Crippen molar-refractivity contribution in [2.24, 2.45) is 0 Å². The first-order chi connectivity index (χ1) is 14.2. The lowest BCUT2D eigenvalue weighted by atomic mass is 10.1. The first-order valence-corrected chi connectivity index (χ1v) is 10.2. The maximum absolute atomic E-state index is 5.79. The quantitative estimate of drug-likeness (QED) is 0.404. The Morgan fingerprint density at radius 2 is 1.79 bits per heavy atom. The Balaban J connectivity index is 1.53. The third kappa shape index (κ3) is 4.55. The van der Waals surface area contributed by atoms with Gasteiger partial charge in [0.25, 0.3) is 0 Å². The van der Waals surface area contributed by atoms with Gasteiger partial charge in [0.05, 0.1) is 18.9 Å². The number of thioether (sulfide) groups is 1. The second kappa shape index (κ2) is 9.02. The summed E-state index contributed by atoms with van der Waals surface area (Å²) in [4.78, 5) is 0. The van der Waals surface area contributed by atoms with Crippen LogP contribution in [0.1, 0.15) is 11.5 Å². The summed E-state index contributed by atoms with van der Waals surface area (Å²) in [5, 5.41) is 17.9. The summed E-state index contributed by atoms with van der Waals surface area (Å²) in [5.41, 5.74) is 3.11. The SMILES string of the molecule is COCCn1c(SCc2nnc(-c3ccccc3)o2)nnc1-c1cccc(C)c1. The largest absolute Gasteiger partial charge is 0.420 e. The van der Waals surface area contributed by atoms with Gasteiger partial charge in [0.2, 0.25) is 11.8 Å². The Hall–Kier alpha value is -2.97. The van der Waals surface area contributed by atoms with Crippen molar-refractivity contribution in [2.45, 2.75) is 24.4 Å². The number of hydrogen-bond donors (Lipinski definition) is 0. The molecule has 8 heteroatoms. The topological polar surface area (TPSA) is 78.9 Å². The number of ether oxygens (including phenoxy) is 1. The second-order valence-corrected chi connectivity index (χ2v) is 7.42. The van der Waals surface area contributed by atoms with E-state index in [4.69, 9.17) is 9.15 Å². The summed E-state index contributed by atoms with van der Waals surface area (Å²) < 4.78 is 13.1. The number of aryl methyl sites for hydroxylation is 1. The average Bonchev–Trinajstić information content (AvgIpc) is 3.38. The highest BCUT2D eigenvalue weighted by molar-refractivity contribution is 7.98. The van der Waals surface area contributed by atoms with Crippen molar-refractivity contribution in [3.8, 4) is 22.8 Å². The molecule has 148 valence electrons. The number of aromatic nitrogens is 5. The molecular formula is C21H21N5O2S. The molecule has 0 aliphatic rings. The summed E-state index contributed by atoms with van der Waals surface area (Å²) in [5.74, 6) is 2.40. The van der Waals surface area contributed by atoms with Gasteiger partial charge in [-0.1, -0.05) is 53.7 Å². The Kier molecular flexibility index (Phi) is 6.02. The Morgan fingerprint density at radius 1 is 0.966 bits per heavy atom. The van der Waals surface area contributed by atoms with Crippen LogP contribution in [0.25, 0.3) is 22.8 Å². The van der Waals surface area contributed by atoms with Crippen molar-refractivity contribution >= 4 is 11.8 Å². The van der Waals surface area contributed by atoms with E-state index in [1.165, 1.54) is 17.3 Å². The highest BCUT2D eigenvalue weighted by Crippen LogP contribution is 2.27. The minimum absolute atomic E-state index is 0.513. The molecule has 0 aliphatic carbocycles. The lowest BCUT2D eigenvalue weighted by Crippen LogP contribution is -2.07. The number of methoxy groups -OCH3 is 1. The summed E-state index contributed by atoms with van der Waals surface area (Å²) in [6.45, 7) is 3.30. The first kappa shape index (κ1) is 19.4. The van der Waals surface area contributed by atoms with E-state index in [9.17, 15) is 0 Å². The van der Waals surface area contributed by atoms with Crippen LogP contribution in [0, 0.1) is 6.92 Å². The van der Waals surface area contributed by atoms with E-state index in [1.54, 1.807) is 7.11 Å². The molecule has 2 heterocycles. The van der Waals surface area contributed by atoms with E-state index in [1.807, 2.05) is 42.5 Å². The van der Waals surface area contributed by atoms with Crippen LogP contribution >= 0.6 is 11.8 Å². The molecule has 2 aromatic heterocycles. The number of benzene rings is 2. The molecule has 4 rings (SSSR count). The summed E-state index contributed by atoms with van der Waals surface area (Å²) in [7, 11) is 1.69. The van der Waals surface area contributed by atoms with Crippen molar-refractivity contribution in [1.29, 1.82) is 0 Å². The zero-order valence-corrected chi connectivity index (χ0v) is 17.1. The van der Waals surface area contributed by atoms with E-state index in [-0.39, 0.29) is 0 Å². The van der Waals surface area contributed by atoms with Crippen LogP contribution in [-0.4, -0.2) is 38.7 Å². The molecule has 0 amide bonds. The van der Waals surface area contributed by atoms with Gasteiger partial charge >= 0.3 is 0 Å². The van der Waals surface area contributed by atoms with E-state index < -0.39 is 0 Å². The van der Waals surface area contributed by atoms with E-state index in [2.05, 4.69) is 44.0 Å². The highest BCUT2D eigenvalue weighted by atomic mass is 32.2. The zero-order chi connectivity index (χ0) is 20.1. The third-order valence-corrected chi connectivity index (χ3v) is 5.28. The van der Waals surface area contributed by atoms with Crippen LogP contribution in [-0.2, 0) is 17.0 Å². The van der Waals surface area contributed by atoms with Crippen LogP contribution in [0.15, 0.2) is 64.2 Å². The van der Waals surface area contributed by atoms with Gasteiger partial charge in [-0.15, -0.1) is 20.4 Å². The molecule has 0 bridgehead atoms. The molecule has 0 spiro atoms. The summed E-state index contributed by atoms with van der Waals surface area (Å²) in [6, 6.07) is 18.0. The number of hydrogen-bond acceptors (Lipinski definition) is 7. The predicted octanol–water partition coefficient (Wildman–Crippen LogP) is 4.24. The molecular weight excluding hydrogens is 386 g/mol. The van der Waals surface area contributed by atoms with Crippen molar-refractivity contribution in [3.63, 3.8) is 0 Å². The molecule has 0 saturated carbocycles. The molecule has 0 atom stereocenters. The van der Waals surface area contributed by atoms with Crippen molar-refractivity contribution in [3.05, 3.63) is 66.1 Å². The minimum Gasteiger partial charge on any atom is -0.420 e. The molecule has 0 radical (unpaired) electrons. The van der Waals surface area contributed by atoms with Gasteiger partial charge in [0, 0.05) is 18.2 Å². The average molecular weight is 407 g/mol. The van der Waals surface area contributed by atoms with Gasteiger partial charge in [0.1, 0.15) is 0 Å². The first-order valence-electron chi connectivity index (χ1n) is 9.24. The molecule has 2 aromatic carbocycles. The molecule has 29 heavy (non-hydrogen) atoms. The van der Waals surface area contributed by atoms with Gasteiger partial charge in [0.15, 0.2) is 11.0 Å². The molecule has 0 unspecified atom stereocenters. The van der Waals surface area contributed by atoms with Crippen LogP contribution in [0.2, 0.25) is 0 Å². The van der Waals surface area contributed by atoms with Crippen LogP contribution in [0.4, 0.5) is 0 Å². The summed E-state index contributed by atoms with van der Waals surface area (Å²) >= 11 is 1.52. The number of rotatable bonds is 8. The monoisotopic (exact) mass is 407 g/mol. The van der Waals surface area contributed by atoms with Gasteiger partial charge in [-0.2, -0.15) is 0 Å². The third-order valence-electron chi connectivity index (χ3n) is 4.32. The fraction of sp³-hybridized carbons (Fsp3) is 0.238. The predicted molar refractivity (Wildman–Crippen MR) is 111 cm³/mol. The lowest BCUT2D eigenvalue weighted by molar-refractivity contribution is 0.185. The lowest BCUT2D eigenvalue weighted by Gasteiger charge is -2.09. The molecule has 0 aliphatic heterocycles. The fourth-order valence-electron chi connectivity index (χ4n) is 2.91. The molecule has 4 aromatic rings. The Bertz CT molecular complexity index is 1080. The van der Waals surface area contributed by atoms with Crippen LogP contribution in [0.3, 0.4) is 0 Å². The minimum atomic E-state index is 0.513. The Morgan fingerprint density at radius 3 is 2.59 bits per heavy atom.